The summed E-state index contributed by atoms with van der Waals surface area (Å²) in [6.45, 7) is 13.8. The van der Waals surface area contributed by atoms with E-state index in [1.165, 1.54) is 0 Å². The fraction of sp³-hybridized carbons (Fsp3) is 0.923. The van der Waals surface area contributed by atoms with E-state index >= 15 is 0 Å². The molecule has 0 aliphatic heterocycles. The van der Waals surface area contributed by atoms with Gasteiger partial charge in [0, 0.05) is 23.9 Å². The zero-order valence-electron chi connectivity index (χ0n) is 13.6. The molecule has 6 nitrogen and oxygen atoms in total. The first-order valence-corrected chi connectivity index (χ1v) is 9.96. The van der Waals surface area contributed by atoms with Crippen LogP contribution in [0.2, 0.25) is 18.1 Å². The number of rotatable bonds is 8. The normalized spacial score (nSPS) is 13.5. The van der Waals surface area contributed by atoms with Gasteiger partial charge in [0.15, 0.2) is 8.32 Å². The van der Waals surface area contributed by atoms with Crippen LogP contribution in [0.15, 0.2) is 5.11 Å². The van der Waals surface area contributed by atoms with Gasteiger partial charge in [0.25, 0.3) is 0 Å². The lowest BCUT2D eigenvalue weighted by Gasteiger charge is -2.36. The van der Waals surface area contributed by atoms with Crippen molar-refractivity contribution in [3.05, 3.63) is 10.4 Å². The molecule has 20 heavy (non-hydrogen) atoms. The molecule has 0 aromatic heterocycles. The molecular weight excluding hydrogens is 272 g/mol. The molecule has 1 atom stereocenters. The van der Waals surface area contributed by atoms with Crippen molar-refractivity contribution >= 4 is 14.2 Å². The summed E-state index contributed by atoms with van der Waals surface area (Å²) in [7, 11) is -1.73. The topological polar surface area (TPSA) is 87.1 Å². The van der Waals surface area contributed by atoms with E-state index in [-0.39, 0.29) is 17.0 Å². The first-order chi connectivity index (χ1) is 9.10. The Kier molecular flexibility index (Phi) is 7.86. The van der Waals surface area contributed by atoms with Crippen molar-refractivity contribution < 1.29 is 9.22 Å². The van der Waals surface area contributed by atoms with Crippen LogP contribution >= 0.6 is 0 Å². The van der Waals surface area contributed by atoms with E-state index in [4.69, 9.17) is 9.96 Å². The quantitative estimate of drug-likeness (QED) is 0.244. The van der Waals surface area contributed by atoms with Crippen LogP contribution in [0.25, 0.3) is 10.4 Å². The van der Waals surface area contributed by atoms with Crippen LogP contribution < -0.4 is 5.32 Å². The molecule has 0 bridgehead atoms. The van der Waals surface area contributed by atoms with Crippen LogP contribution in [0.3, 0.4) is 0 Å². The first kappa shape index (κ1) is 19.0. The minimum absolute atomic E-state index is 0.0242. The van der Waals surface area contributed by atoms with Gasteiger partial charge in [0.2, 0.25) is 5.91 Å². The van der Waals surface area contributed by atoms with E-state index in [2.05, 4.69) is 49.2 Å². The summed E-state index contributed by atoms with van der Waals surface area (Å²) >= 11 is 0. The van der Waals surface area contributed by atoms with Gasteiger partial charge in [-0.2, -0.15) is 0 Å². The molecule has 0 saturated carbocycles. The fourth-order valence-electron chi connectivity index (χ4n) is 1.29. The van der Waals surface area contributed by atoms with Crippen molar-refractivity contribution in [3.63, 3.8) is 0 Å². The highest BCUT2D eigenvalue weighted by atomic mass is 28.4. The van der Waals surface area contributed by atoms with Crippen molar-refractivity contribution in [2.45, 2.75) is 64.7 Å². The molecule has 7 heteroatoms. The largest absolute Gasteiger partial charge is 0.415 e. The van der Waals surface area contributed by atoms with Crippen LogP contribution in [0.5, 0.6) is 0 Å². The van der Waals surface area contributed by atoms with Crippen LogP contribution in [-0.4, -0.2) is 33.4 Å². The van der Waals surface area contributed by atoms with Crippen LogP contribution in [0, 0.1) is 0 Å². The Bertz CT molecular complexity index is 360. The van der Waals surface area contributed by atoms with Gasteiger partial charge in [-0.25, -0.2) is 0 Å². The Morgan fingerprint density at radius 1 is 1.45 bits per heavy atom. The smallest absolute Gasteiger partial charge is 0.220 e. The average Bonchev–Trinajstić information content (AvgIpc) is 2.31. The van der Waals surface area contributed by atoms with Crippen molar-refractivity contribution in [2.24, 2.45) is 5.11 Å². The molecule has 0 spiro atoms. The highest BCUT2D eigenvalue weighted by Gasteiger charge is 2.36. The Balaban J connectivity index is 3.86. The number of amides is 1. The van der Waals surface area contributed by atoms with Gasteiger partial charge in [0.05, 0.1) is 6.61 Å². The first-order valence-electron chi connectivity index (χ1n) is 7.05. The molecule has 0 aliphatic rings. The second-order valence-electron chi connectivity index (χ2n) is 6.55. The fourth-order valence-corrected chi connectivity index (χ4v) is 2.33. The number of hydrogen-bond acceptors (Lipinski definition) is 3. The molecule has 1 amide bonds. The third kappa shape index (κ3) is 7.52. The summed E-state index contributed by atoms with van der Waals surface area (Å²) in [5.41, 5.74) is 8.26. The van der Waals surface area contributed by atoms with Crippen LogP contribution in [0.4, 0.5) is 0 Å². The number of nitrogens with one attached hydrogen (secondary N) is 1. The molecule has 116 valence electrons. The molecular formula is C13H28N4O2Si. The summed E-state index contributed by atoms with van der Waals surface area (Å²) in [4.78, 5) is 14.3. The van der Waals surface area contributed by atoms with Crippen LogP contribution in [-0.2, 0) is 9.22 Å². The number of carbonyl (C=O) groups is 1. The van der Waals surface area contributed by atoms with E-state index in [0.29, 0.717) is 26.0 Å². The number of hydrogen-bond donors (Lipinski definition) is 1. The summed E-state index contributed by atoms with van der Waals surface area (Å²) in [5, 5.41) is 6.54. The summed E-state index contributed by atoms with van der Waals surface area (Å²) in [6, 6.07) is -0.144. The van der Waals surface area contributed by atoms with Gasteiger partial charge in [-0.15, -0.1) is 0 Å². The van der Waals surface area contributed by atoms with Crippen molar-refractivity contribution in [1.82, 2.24) is 5.32 Å². The summed E-state index contributed by atoms with van der Waals surface area (Å²) < 4.78 is 5.97. The number of carbonyl (C=O) groups excluding carboxylic acids is 1. The highest BCUT2D eigenvalue weighted by molar-refractivity contribution is 6.74. The minimum atomic E-state index is -1.73. The van der Waals surface area contributed by atoms with E-state index < -0.39 is 8.32 Å². The SMILES string of the molecule is CC(CCC(=O)NCCO[Si](C)(C)C(C)(C)C)N=[N+]=[N-]. The third-order valence-corrected chi connectivity index (χ3v) is 8.27. The molecule has 0 aromatic carbocycles. The van der Waals surface area contributed by atoms with Gasteiger partial charge in [-0.3, -0.25) is 4.79 Å². The zero-order chi connectivity index (χ0) is 15.8. The average molecular weight is 300 g/mol. The van der Waals surface area contributed by atoms with Gasteiger partial charge < -0.3 is 9.74 Å². The van der Waals surface area contributed by atoms with E-state index in [9.17, 15) is 4.79 Å². The maximum Gasteiger partial charge on any atom is 0.220 e. The predicted molar refractivity (Wildman–Crippen MR) is 84.0 cm³/mol. The Morgan fingerprint density at radius 2 is 2.05 bits per heavy atom. The van der Waals surface area contributed by atoms with Gasteiger partial charge in [0.1, 0.15) is 0 Å². The molecule has 0 heterocycles. The monoisotopic (exact) mass is 300 g/mol. The lowest BCUT2D eigenvalue weighted by Crippen LogP contribution is -2.42. The third-order valence-electron chi connectivity index (χ3n) is 3.73. The molecule has 1 unspecified atom stereocenters. The van der Waals surface area contributed by atoms with Crippen molar-refractivity contribution in [3.8, 4) is 0 Å². The van der Waals surface area contributed by atoms with Gasteiger partial charge >= 0.3 is 0 Å². The molecule has 0 fully saturated rings. The van der Waals surface area contributed by atoms with Gasteiger partial charge in [-0.1, -0.05) is 32.8 Å². The Hall–Kier alpha value is -1.04. The lowest BCUT2D eigenvalue weighted by molar-refractivity contribution is -0.121. The Labute approximate surface area is 123 Å². The van der Waals surface area contributed by atoms with Crippen molar-refractivity contribution in [2.75, 3.05) is 13.2 Å². The maximum atomic E-state index is 11.6. The van der Waals surface area contributed by atoms with E-state index in [1.54, 1.807) is 6.92 Å². The Morgan fingerprint density at radius 3 is 2.55 bits per heavy atom. The number of nitrogens with zero attached hydrogens (tertiary/aromatic N) is 3. The molecule has 1 N–H and O–H groups in total. The van der Waals surface area contributed by atoms with Gasteiger partial charge in [-0.05, 0) is 30.1 Å². The lowest BCUT2D eigenvalue weighted by atomic mass is 10.2. The summed E-state index contributed by atoms with van der Waals surface area (Å²) in [6.07, 6.45) is 0.944. The standard InChI is InChI=1S/C13H28N4O2Si/c1-11(16-17-14)7-8-12(18)15-9-10-19-20(5,6)13(2,3)4/h11H,7-10H2,1-6H3,(H,15,18). The molecule has 0 radical (unpaired) electrons. The van der Waals surface area contributed by atoms with Crippen molar-refractivity contribution in [1.29, 1.82) is 0 Å². The highest BCUT2D eigenvalue weighted by Crippen LogP contribution is 2.36. The predicted octanol–water partition coefficient (Wildman–Crippen LogP) is 3.60. The molecule has 0 rings (SSSR count). The number of azide groups is 1. The molecule has 0 aliphatic carbocycles. The zero-order valence-corrected chi connectivity index (χ0v) is 14.6. The molecule has 0 aromatic rings. The van der Waals surface area contributed by atoms with E-state index in [1.807, 2.05) is 0 Å². The van der Waals surface area contributed by atoms with E-state index in [0.717, 1.165) is 0 Å². The second kappa shape index (κ2) is 8.29. The second-order valence-corrected chi connectivity index (χ2v) is 11.4. The summed E-state index contributed by atoms with van der Waals surface area (Å²) in [5.74, 6) is -0.0242. The molecule has 0 saturated heterocycles. The minimum Gasteiger partial charge on any atom is -0.415 e. The van der Waals surface area contributed by atoms with Crippen LogP contribution in [0.1, 0.15) is 40.5 Å². The maximum absolute atomic E-state index is 11.6.